The summed E-state index contributed by atoms with van der Waals surface area (Å²) in [6.07, 6.45) is 2.31. The van der Waals surface area contributed by atoms with Crippen LogP contribution in [0.5, 0.6) is 0 Å². The number of likely N-dealkylation sites (tertiary alicyclic amines) is 1. The molecule has 0 spiro atoms. The van der Waals surface area contributed by atoms with E-state index in [0.29, 0.717) is 18.0 Å². The van der Waals surface area contributed by atoms with Crippen molar-refractivity contribution in [2.75, 3.05) is 52.5 Å². The van der Waals surface area contributed by atoms with Gasteiger partial charge in [-0.25, -0.2) is 0 Å². The normalized spacial score (nSPS) is 24.3. The van der Waals surface area contributed by atoms with E-state index in [9.17, 15) is 0 Å². The monoisotopic (exact) mass is 543 g/mol. The van der Waals surface area contributed by atoms with Crippen LogP contribution in [0.3, 0.4) is 0 Å². The zero-order chi connectivity index (χ0) is 21.2. The zero-order valence-electron chi connectivity index (χ0n) is 19.6. The van der Waals surface area contributed by atoms with Gasteiger partial charge in [0.15, 0.2) is 5.96 Å². The highest BCUT2D eigenvalue weighted by Gasteiger charge is 2.26. The highest BCUT2D eigenvalue weighted by molar-refractivity contribution is 14.0. The van der Waals surface area contributed by atoms with Gasteiger partial charge < -0.3 is 15.4 Å². The molecule has 7 heteroatoms. The van der Waals surface area contributed by atoms with Gasteiger partial charge in [0.05, 0.1) is 13.2 Å². The first-order valence-corrected chi connectivity index (χ1v) is 11.8. The molecule has 6 nitrogen and oxygen atoms in total. The second kappa shape index (κ2) is 14.3. The second-order valence-electron chi connectivity index (χ2n) is 8.91. The maximum Gasteiger partial charge on any atom is 0.191 e. The minimum Gasteiger partial charge on any atom is -0.379 e. The first kappa shape index (κ1) is 26.4. The van der Waals surface area contributed by atoms with Crippen LogP contribution in [0.15, 0.2) is 35.3 Å². The summed E-state index contributed by atoms with van der Waals surface area (Å²) in [7, 11) is 0. The molecule has 0 aromatic heterocycles. The largest absolute Gasteiger partial charge is 0.379 e. The minimum atomic E-state index is 0. The molecule has 0 radical (unpaired) electrons. The number of guanidine groups is 1. The third-order valence-corrected chi connectivity index (χ3v) is 6.16. The third kappa shape index (κ3) is 9.24. The molecule has 1 aromatic carbocycles. The molecule has 2 aliphatic rings. The van der Waals surface area contributed by atoms with Crippen molar-refractivity contribution in [3.05, 3.63) is 35.9 Å². The van der Waals surface area contributed by atoms with Gasteiger partial charge in [-0.05, 0) is 38.2 Å². The Morgan fingerprint density at radius 1 is 1.19 bits per heavy atom. The van der Waals surface area contributed by atoms with Crippen LogP contribution in [0.1, 0.15) is 39.2 Å². The lowest BCUT2D eigenvalue weighted by atomic mass is 9.97. The molecule has 3 atom stereocenters. The lowest BCUT2D eigenvalue weighted by Gasteiger charge is -2.38. The van der Waals surface area contributed by atoms with E-state index >= 15 is 0 Å². The van der Waals surface area contributed by atoms with Crippen LogP contribution in [0.2, 0.25) is 0 Å². The van der Waals surface area contributed by atoms with Gasteiger partial charge in [-0.3, -0.25) is 14.8 Å². The standard InChI is InChI=1S/C24H41N5O.HI/c1-4-25-24(26-17-20(2)18-28-12-14-30-15-13-28)27-23-10-11-29(21(3)16-23)19-22-8-6-5-7-9-22;/h5-9,20-21,23H,4,10-19H2,1-3H3,(H2,25,26,27);1H. The van der Waals surface area contributed by atoms with Gasteiger partial charge in [-0.15, -0.1) is 24.0 Å². The molecular weight excluding hydrogens is 501 g/mol. The quantitative estimate of drug-likeness (QED) is 0.300. The number of nitrogens with zero attached hydrogens (tertiary/aromatic N) is 3. The highest BCUT2D eigenvalue weighted by atomic mass is 127. The number of hydrogen-bond acceptors (Lipinski definition) is 4. The number of rotatable bonds is 8. The molecule has 3 rings (SSSR count). The maximum absolute atomic E-state index is 5.45. The van der Waals surface area contributed by atoms with Crippen molar-refractivity contribution in [1.29, 1.82) is 0 Å². The molecule has 0 bridgehead atoms. The van der Waals surface area contributed by atoms with Crippen LogP contribution in [-0.2, 0) is 11.3 Å². The molecule has 1 aromatic rings. The number of piperidine rings is 1. The van der Waals surface area contributed by atoms with Crippen molar-refractivity contribution < 1.29 is 4.74 Å². The van der Waals surface area contributed by atoms with E-state index in [0.717, 1.165) is 77.8 Å². The third-order valence-electron chi connectivity index (χ3n) is 6.16. The van der Waals surface area contributed by atoms with E-state index in [4.69, 9.17) is 9.73 Å². The van der Waals surface area contributed by atoms with Crippen LogP contribution >= 0.6 is 24.0 Å². The van der Waals surface area contributed by atoms with Gasteiger partial charge in [0, 0.05) is 57.9 Å². The summed E-state index contributed by atoms with van der Waals surface area (Å²) >= 11 is 0. The summed E-state index contributed by atoms with van der Waals surface area (Å²) in [5.41, 5.74) is 1.40. The van der Waals surface area contributed by atoms with E-state index in [1.807, 2.05) is 0 Å². The minimum absolute atomic E-state index is 0. The Hall–Kier alpha value is -0.900. The Balaban J connectivity index is 0.00000341. The molecule has 0 saturated carbocycles. The van der Waals surface area contributed by atoms with Crippen LogP contribution < -0.4 is 10.6 Å². The first-order valence-electron chi connectivity index (χ1n) is 11.8. The fraction of sp³-hybridized carbons (Fsp3) is 0.708. The topological polar surface area (TPSA) is 52.1 Å². The Labute approximate surface area is 206 Å². The van der Waals surface area contributed by atoms with E-state index < -0.39 is 0 Å². The van der Waals surface area contributed by atoms with E-state index in [1.54, 1.807) is 0 Å². The predicted molar refractivity (Wildman–Crippen MR) is 140 cm³/mol. The lowest BCUT2D eigenvalue weighted by molar-refractivity contribution is 0.0323. The average Bonchev–Trinajstić information content (AvgIpc) is 2.76. The molecule has 2 aliphatic heterocycles. The molecule has 2 N–H and O–H groups in total. The van der Waals surface area contributed by atoms with E-state index in [2.05, 4.69) is 71.5 Å². The summed E-state index contributed by atoms with van der Waals surface area (Å²) in [6, 6.07) is 11.9. The fourth-order valence-corrected chi connectivity index (χ4v) is 4.45. The van der Waals surface area contributed by atoms with Gasteiger partial charge in [0.25, 0.3) is 0 Å². The van der Waals surface area contributed by atoms with Crippen molar-refractivity contribution in [2.45, 2.75) is 52.2 Å². The van der Waals surface area contributed by atoms with Crippen molar-refractivity contribution >= 4 is 29.9 Å². The van der Waals surface area contributed by atoms with Crippen molar-refractivity contribution in [1.82, 2.24) is 20.4 Å². The number of halogens is 1. The number of nitrogens with one attached hydrogen (secondary N) is 2. The highest BCUT2D eigenvalue weighted by Crippen LogP contribution is 2.20. The summed E-state index contributed by atoms with van der Waals surface area (Å²) in [5, 5.41) is 7.16. The summed E-state index contributed by atoms with van der Waals surface area (Å²) in [4.78, 5) is 10.0. The first-order chi connectivity index (χ1) is 14.6. The zero-order valence-corrected chi connectivity index (χ0v) is 21.9. The Bertz CT molecular complexity index is 638. The molecule has 3 unspecified atom stereocenters. The van der Waals surface area contributed by atoms with Gasteiger partial charge >= 0.3 is 0 Å². The molecule has 0 aliphatic carbocycles. The van der Waals surface area contributed by atoms with Gasteiger partial charge in [-0.1, -0.05) is 37.3 Å². The van der Waals surface area contributed by atoms with Crippen LogP contribution in [-0.4, -0.2) is 80.3 Å². The van der Waals surface area contributed by atoms with Crippen molar-refractivity contribution in [3.63, 3.8) is 0 Å². The number of aliphatic imine (C=N–C) groups is 1. The predicted octanol–water partition coefficient (Wildman–Crippen LogP) is 3.18. The molecular formula is C24H42IN5O. The number of hydrogen-bond donors (Lipinski definition) is 2. The van der Waals surface area contributed by atoms with Crippen molar-refractivity contribution in [3.8, 4) is 0 Å². The number of morpholine rings is 1. The van der Waals surface area contributed by atoms with E-state index in [-0.39, 0.29) is 24.0 Å². The molecule has 2 heterocycles. The van der Waals surface area contributed by atoms with Crippen LogP contribution in [0.25, 0.3) is 0 Å². The van der Waals surface area contributed by atoms with Gasteiger partial charge in [0.1, 0.15) is 0 Å². The second-order valence-corrected chi connectivity index (χ2v) is 8.91. The van der Waals surface area contributed by atoms with Crippen LogP contribution in [0, 0.1) is 5.92 Å². The Morgan fingerprint density at radius 3 is 2.61 bits per heavy atom. The summed E-state index contributed by atoms with van der Waals surface area (Å²) < 4.78 is 5.45. The molecule has 2 fully saturated rings. The number of benzene rings is 1. The molecule has 31 heavy (non-hydrogen) atoms. The molecule has 0 amide bonds. The fourth-order valence-electron chi connectivity index (χ4n) is 4.45. The summed E-state index contributed by atoms with van der Waals surface area (Å²) in [6.45, 7) is 15.6. The Morgan fingerprint density at radius 2 is 1.94 bits per heavy atom. The molecule has 176 valence electrons. The average molecular weight is 544 g/mol. The Kier molecular flexibility index (Phi) is 12.1. The van der Waals surface area contributed by atoms with Crippen LogP contribution in [0.4, 0.5) is 0 Å². The van der Waals surface area contributed by atoms with Crippen molar-refractivity contribution in [2.24, 2.45) is 10.9 Å². The van der Waals surface area contributed by atoms with Gasteiger partial charge in [0.2, 0.25) is 0 Å². The maximum atomic E-state index is 5.45. The summed E-state index contributed by atoms with van der Waals surface area (Å²) in [5.74, 6) is 1.52. The lowest BCUT2D eigenvalue weighted by Crippen LogP contribution is -2.51. The SMILES string of the molecule is CCNC(=NCC(C)CN1CCOCC1)NC1CCN(Cc2ccccc2)C(C)C1.I. The molecule has 2 saturated heterocycles. The number of ether oxygens (including phenoxy) is 1. The van der Waals surface area contributed by atoms with Gasteiger partial charge in [-0.2, -0.15) is 0 Å². The smallest absolute Gasteiger partial charge is 0.191 e. The van der Waals surface area contributed by atoms with E-state index in [1.165, 1.54) is 5.56 Å².